The number of benzene rings is 3. The summed E-state index contributed by atoms with van der Waals surface area (Å²) >= 11 is 0. The second kappa shape index (κ2) is 21.3. The molecule has 0 aliphatic carbocycles. The number of piperidine rings is 1. The maximum atomic E-state index is 14.1. The molecule has 2 heterocycles. The molecule has 0 unspecified atom stereocenters. The zero-order chi connectivity index (χ0) is 39.0. The van der Waals surface area contributed by atoms with Crippen LogP contribution in [0.15, 0.2) is 95.6 Å². The molecule has 10 nitrogen and oxygen atoms in total. The Hall–Kier alpha value is -4.06. The van der Waals surface area contributed by atoms with E-state index in [1.807, 2.05) is 29.2 Å². The van der Waals surface area contributed by atoms with Gasteiger partial charge in [-0.3, -0.25) is 9.59 Å². The fraction of sp³-hybridized carbons (Fsp3) is 0.511. The number of hydrogen-bond donors (Lipinski definition) is 6. The third-order valence-corrected chi connectivity index (χ3v) is 10.9. The monoisotopic (exact) mass is 752 g/mol. The Labute approximate surface area is 328 Å². The number of furan rings is 1. The molecule has 1 aliphatic rings. The van der Waals surface area contributed by atoms with Crippen molar-refractivity contribution < 1.29 is 14.0 Å². The summed E-state index contributed by atoms with van der Waals surface area (Å²) in [6.07, 6.45) is 8.21. The number of likely N-dealkylation sites (tertiary alicyclic amines) is 1. The van der Waals surface area contributed by atoms with Gasteiger partial charge in [0.15, 0.2) is 0 Å². The fourth-order valence-electron chi connectivity index (χ4n) is 7.64. The molecule has 1 aromatic heterocycles. The van der Waals surface area contributed by atoms with Crippen LogP contribution in [0.25, 0.3) is 11.0 Å². The highest BCUT2D eigenvalue weighted by Crippen LogP contribution is 2.25. The van der Waals surface area contributed by atoms with Gasteiger partial charge in [-0.15, -0.1) is 0 Å². The summed E-state index contributed by atoms with van der Waals surface area (Å²) in [5.74, 6) is 0.497. The highest BCUT2D eigenvalue weighted by atomic mass is 16.3. The molecular weight excluding hydrogens is 687 g/mol. The van der Waals surface area contributed by atoms with Crippen LogP contribution in [0.2, 0.25) is 0 Å². The molecule has 4 aromatic rings. The molecule has 0 saturated carbocycles. The van der Waals surface area contributed by atoms with Gasteiger partial charge in [0.25, 0.3) is 5.91 Å². The van der Waals surface area contributed by atoms with Crippen molar-refractivity contribution in [1.29, 1.82) is 0 Å². The molecule has 10 heteroatoms. The maximum absolute atomic E-state index is 14.1. The van der Waals surface area contributed by atoms with E-state index in [9.17, 15) is 9.59 Å². The number of carbonyl (C=O) groups is 2. The van der Waals surface area contributed by atoms with E-state index >= 15 is 0 Å². The molecule has 1 fully saturated rings. The van der Waals surface area contributed by atoms with E-state index in [1.165, 1.54) is 11.1 Å². The van der Waals surface area contributed by atoms with E-state index in [2.05, 4.69) is 96.6 Å². The smallest absolute Gasteiger partial charge is 0.251 e. The van der Waals surface area contributed by atoms with Crippen molar-refractivity contribution in [3.8, 4) is 0 Å². The van der Waals surface area contributed by atoms with E-state index < -0.39 is 5.54 Å². The molecule has 1 saturated heterocycles. The standard InChI is InChI=1S/C45H65N7O3/c1-33(2)26-39(49-31-40(28-35-14-8-5-9-15-35)48-30-38(47)27-34-12-6-4-7-13-34)32-50-41(16-10-11-22-46)44(54)52-23-20-45(3,21-24-52)51-43(53)37-18-17-36-19-25-55-42(36)29-37/h4-9,12-15,17-19,25,29,33,38-41,48-50H,10-11,16,20-24,26-28,30-32,46-47H2,1-3H3,(H,51,53)/t38-,39-,40-,41-/m1/s1. The lowest BCUT2D eigenvalue weighted by Gasteiger charge is -2.41. The second-order valence-corrected chi connectivity index (χ2v) is 16.2. The van der Waals surface area contributed by atoms with Gasteiger partial charge < -0.3 is 42.1 Å². The quantitative estimate of drug-likeness (QED) is 0.0585. The average molecular weight is 752 g/mol. The largest absolute Gasteiger partial charge is 0.464 e. The van der Waals surface area contributed by atoms with Gasteiger partial charge in [-0.2, -0.15) is 0 Å². The molecule has 1 aliphatic heterocycles. The van der Waals surface area contributed by atoms with E-state index in [0.717, 1.165) is 57.0 Å². The van der Waals surface area contributed by atoms with Crippen LogP contribution < -0.4 is 32.7 Å². The number of nitrogens with one attached hydrogen (secondary N) is 4. The van der Waals surface area contributed by atoms with E-state index in [0.29, 0.717) is 56.1 Å². The number of nitrogens with two attached hydrogens (primary N) is 2. The Morgan fingerprint density at radius 2 is 1.47 bits per heavy atom. The Bertz CT molecular complexity index is 1720. The van der Waals surface area contributed by atoms with Gasteiger partial charge in [0.1, 0.15) is 5.58 Å². The molecule has 0 spiro atoms. The highest BCUT2D eigenvalue weighted by Gasteiger charge is 2.35. The van der Waals surface area contributed by atoms with Crippen LogP contribution in [-0.4, -0.2) is 85.7 Å². The molecule has 5 rings (SSSR count). The Morgan fingerprint density at radius 1 is 0.818 bits per heavy atom. The van der Waals surface area contributed by atoms with Crippen LogP contribution in [0.4, 0.5) is 0 Å². The first-order valence-corrected chi connectivity index (χ1v) is 20.4. The number of carbonyl (C=O) groups excluding carboxylic acids is 2. The number of fused-ring (bicyclic) bond motifs is 1. The summed E-state index contributed by atoms with van der Waals surface area (Å²) in [5.41, 5.74) is 15.9. The van der Waals surface area contributed by atoms with Crippen molar-refractivity contribution in [3.63, 3.8) is 0 Å². The third-order valence-electron chi connectivity index (χ3n) is 10.9. The normalized spacial score (nSPS) is 16.5. The van der Waals surface area contributed by atoms with E-state index in [4.69, 9.17) is 15.9 Å². The van der Waals surface area contributed by atoms with Crippen LogP contribution in [0.1, 0.15) is 80.8 Å². The fourth-order valence-corrected chi connectivity index (χ4v) is 7.64. The first-order valence-electron chi connectivity index (χ1n) is 20.4. The Morgan fingerprint density at radius 3 is 2.15 bits per heavy atom. The van der Waals surface area contributed by atoms with E-state index in [-0.39, 0.29) is 36.0 Å². The molecule has 0 bridgehead atoms. The molecule has 0 radical (unpaired) electrons. The molecule has 2 amide bonds. The predicted molar refractivity (Wildman–Crippen MR) is 224 cm³/mol. The van der Waals surface area contributed by atoms with Crippen molar-refractivity contribution in [1.82, 2.24) is 26.2 Å². The zero-order valence-corrected chi connectivity index (χ0v) is 33.3. The van der Waals surface area contributed by atoms with Gasteiger partial charge in [-0.05, 0) is 93.7 Å². The lowest BCUT2D eigenvalue weighted by atomic mass is 9.88. The third kappa shape index (κ3) is 13.6. The van der Waals surface area contributed by atoms with Crippen molar-refractivity contribution in [2.75, 3.05) is 39.3 Å². The Balaban J connectivity index is 1.16. The number of hydrogen-bond acceptors (Lipinski definition) is 8. The van der Waals surface area contributed by atoms with Crippen LogP contribution >= 0.6 is 0 Å². The topological polar surface area (TPSA) is 151 Å². The summed E-state index contributed by atoms with van der Waals surface area (Å²) in [6, 6.07) is 28.5. The minimum Gasteiger partial charge on any atom is -0.464 e. The van der Waals surface area contributed by atoms with Crippen LogP contribution in [0, 0.1) is 5.92 Å². The number of nitrogens with zero attached hydrogens (tertiary/aromatic N) is 1. The van der Waals surface area contributed by atoms with Gasteiger partial charge in [-0.1, -0.05) is 87.0 Å². The number of rotatable bonds is 22. The van der Waals surface area contributed by atoms with Crippen LogP contribution in [0.3, 0.4) is 0 Å². The minimum atomic E-state index is -0.406. The number of unbranched alkanes of at least 4 members (excludes halogenated alkanes) is 1. The lowest BCUT2D eigenvalue weighted by Crippen LogP contribution is -2.57. The van der Waals surface area contributed by atoms with Crippen molar-refractivity contribution in [3.05, 3.63) is 108 Å². The maximum Gasteiger partial charge on any atom is 0.251 e. The van der Waals surface area contributed by atoms with Gasteiger partial charge >= 0.3 is 0 Å². The van der Waals surface area contributed by atoms with Gasteiger partial charge in [0, 0.05) is 67.3 Å². The van der Waals surface area contributed by atoms with Crippen molar-refractivity contribution in [2.45, 2.75) is 102 Å². The first-order chi connectivity index (χ1) is 26.6. The van der Waals surface area contributed by atoms with Gasteiger partial charge in [0.05, 0.1) is 12.3 Å². The molecule has 4 atom stereocenters. The average Bonchev–Trinajstić information content (AvgIpc) is 3.66. The number of amides is 2. The zero-order valence-electron chi connectivity index (χ0n) is 33.3. The summed E-state index contributed by atoms with van der Waals surface area (Å²) in [7, 11) is 0. The van der Waals surface area contributed by atoms with Crippen molar-refractivity contribution >= 4 is 22.8 Å². The van der Waals surface area contributed by atoms with Gasteiger partial charge in [0.2, 0.25) is 5.91 Å². The van der Waals surface area contributed by atoms with Crippen molar-refractivity contribution in [2.24, 2.45) is 17.4 Å². The van der Waals surface area contributed by atoms with Crippen LogP contribution in [-0.2, 0) is 17.6 Å². The van der Waals surface area contributed by atoms with Crippen LogP contribution in [0.5, 0.6) is 0 Å². The van der Waals surface area contributed by atoms with E-state index in [1.54, 1.807) is 12.3 Å². The van der Waals surface area contributed by atoms with Gasteiger partial charge in [-0.25, -0.2) is 0 Å². The molecular formula is C45H65N7O3. The SMILES string of the molecule is CC(C)C[C@H](CN[C@H](CCCCN)C(=O)N1CCC(C)(NC(=O)c2ccc3ccoc3c2)CC1)NC[C@@H](Cc1ccccc1)NC[C@H](N)Cc1ccccc1. The molecule has 3 aromatic carbocycles. The summed E-state index contributed by atoms with van der Waals surface area (Å²) in [5, 5.41) is 15.6. The first kappa shape index (κ1) is 42.1. The summed E-state index contributed by atoms with van der Waals surface area (Å²) < 4.78 is 5.51. The molecule has 8 N–H and O–H groups in total. The molecule has 55 heavy (non-hydrogen) atoms. The second-order valence-electron chi connectivity index (χ2n) is 16.2. The summed E-state index contributed by atoms with van der Waals surface area (Å²) in [6.45, 7) is 10.6. The summed E-state index contributed by atoms with van der Waals surface area (Å²) in [4.78, 5) is 29.3. The molecule has 298 valence electrons. The Kier molecular flexibility index (Phi) is 16.3. The highest BCUT2D eigenvalue weighted by molar-refractivity contribution is 5.98. The lowest BCUT2D eigenvalue weighted by molar-refractivity contribution is -0.135. The predicted octanol–water partition coefficient (Wildman–Crippen LogP) is 5.41. The minimum absolute atomic E-state index is 0.00955.